The van der Waals surface area contributed by atoms with Crippen LogP contribution in [0.15, 0.2) is 48.7 Å². The fraction of sp³-hybridized carbons (Fsp3) is 0.250. The predicted molar refractivity (Wildman–Crippen MR) is 75.8 cm³/mol. The van der Waals surface area contributed by atoms with Crippen LogP contribution in [0.3, 0.4) is 0 Å². The van der Waals surface area contributed by atoms with Crippen LogP contribution in [0.1, 0.15) is 17.7 Å². The molecule has 0 saturated heterocycles. The summed E-state index contributed by atoms with van der Waals surface area (Å²) < 4.78 is 5.63. The summed E-state index contributed by atoms with van der Waals surface area (Å²) in [6.45, 7) is 0.575. The normalized spacial score (nSPS) is 10.2. The summed E-state index contributed by atoms with van der Waals surface area (Å²) in [7, 11) is 0. The van der Waals surface area contributed by atoms with E-state index in [1.165, 1.54) is 0 Å². The molecular formula is C16H17NO3. The lowest BCUT2D eigenvalue weighted by atomic mass is 10.1. The number of carbonyl (C=O) groups is 1. The summed E-state index contributed by atoms with van der Waals surface area (Å²) in [4.78, 5) is 14.7. The Morgan fingerprint density at radius 1 is 1.10 bits per heavy atom. The molecule has 0 aliphatic carbocycles. The van der Waals surface area contributed by atoms with E-state index in [2.05, 4.69) is 4.98 Å². The van der Waals surface area contributed by atoms with Crippen molar-refractivity contribution < 1.29 is 14.6 Å². The molecule has 0 fully saturated rings. The fourth-order valence-electron chi connectivity index (χ4n) is 1.82. The van der Waals surface area contributed by atoms with Gasteiger partial charge in [0.15, 0.2) is 0 Å². The number of carboxylic acid groups (broad SMARTS) is 1. The van der Waals surface area contributed by atoms with Crippen molar-refractivity contribution in [3.8, 4) is 5.75 Å². The van der Waals surface area contributed by atoms with E-state index in [1.54, 1.807) is 6.20 Å². The fourth-order valence-corrected chi connectivity index (χ4v) is 1.82. The number of benzene rings is 1. The third kappa shape index (κ3) is 4.72. The number of aliphatic carboxylic acids is 1. The van der Waals surface area contributed by atoms with Crippen LogP contribution in [-0.4, -0.2) is 22.7 Å². The molecule has 1 heterocycles. The topological polar surface area (TPSA) is 59.4 Å². The zero-order valence-electron chi connectivity index (χ0n) is 11.2. The largest absolute Gasteiger partial charge is 0.493 e. The first-order valence-electron chi connectivity index (χ1n) is 6.57. The van der Waals surface area contributed by atoms with Gasteiger partial charge >= 0.3 is 5.97 Å². The molecule has 0 aliphatic heterocycles. The van der Waals surface area contributed by atoms with Gasteiger partial charge in [0, 0.05) is 24.7 Å². The zero-order valence-corrected chi connectivity index (χ0v) is 11.2. The molecule has 1 N–H and O–H groups in total. The number of hydrogen-bond donors (Lipinski definition) is 1. The van der Waals surface area contributed by atoms with Gasteiger partial charge in [0.1, 0.15) is 5.75 Å². The van der Waals surface area contributed by atoms with E-state index >= 15 is 0 Å². The highest BCUT2D eigenvalue weighted by atomic mass is 16.5. The maximum atomic E-state index is 10.5. The SMILES string of the molecule is O=C(O)CCc1ccc(OCCc2ccccn2)cc1. The molecule has 0 bridgehead atoms. The lowest BCUT2D eigenvalue weighted by Crippen LogP contribution is -2.02. The van der Waals surface area contributed by atoms with Crippen LogP contribution in [0, 0.1) is 0 Å². The number of aryl methyl sites for hydroxylation is 1. The van der Waals surface area contributed by atoms with Crippen molar-refractivity contribution >= 4 is 5.97 Å². The standard InChI is InChI=1S/C16H17NO3/c18-16(19)9-6-13-4-7-15(8-5-13)20-12-10-14-3-1-2-11-17-14/h1-5,7-8,11H,6,9-10,12H2,(H,18,19). The Morgan fingerprint density at radius 2 is 1.90 bits per heavy atom. The minimum Gasteiger partial charge on any atom is -0.493 e. The molecule has 0 radical (unpaired) electrons. The van der Waals surface area contributed by atoms with Crippen LogP contribution >= 0.6 is 0 Å². The minimum atomic E-state index is -0.777. The molecule has 0 unspecified atom stereocenters. The second kappa shape index (κ2) is 7.28. The van der Waals surface area contributed by atoms with Gasteiger partial charge in [-0.05, 0) is 36.2 Å². The average molecular weight is 271 g/mol. The van der Waals surface area contributed by atoms with E-state index in [0.717, 1.165) is 23.4 Å². The highest BCUT2D eigenvalue weighted by Crippen LogP contribution is 2.13. The molecular weight excluding hydrogens is 254 g/mol. The second-order valence-electron chi connectivity index (χ2n) is 4.46. The van der Waals surface area contributed by atoms with Crippen LogP contribution in [0.5, 0.6) is 5.75 Å². The van der Waals surface area contributed by atoms with Crippen molar-refractivity contribution in [3.63, 3.8) is 0 Å². The molecule has 4 nitrogen and oxygen atoms in total. The van der Waals surface area contributed by atoms with E-state index in [-0.39, 0.29) is 6.42 Å². The molecule has 0 saturated carbocycles. The summed E-state index contributed by atoms with van der Waals surface area (Å²) in [6.07, 6.45) is 3.23. The van der Waals surface area contributed by atoms with Crippen molar-refractivity contribution in [2.75, 3.05) is 6.61 Å². The average Bonchev–Trinajstić information content (AvgIpc) is 2.47. The van der Waals surface area contributed by atoms with Gasteiger partial charge in [0.05, 0.1) is 6.61 Å². The van der Waals surface area contributed by atoms with E-state index in [4.69, 9.17) is 9.84 Å². The predicted octanol–water partition coefficient (Wildman–Crippen LogP) is 2.72. The molecule has 0 spiro atoms. The van der Waals surface area contributed by atoms with Gasteiger partial charge in [-0.2, -0.15) is 0 Å². The molecule has 0 amide bonds. The summed E-state index contributed by atoms with van der Waals surface area (Å²) >= 11 is 0. The Labute approximate surface area is 118 Å². The van der Waals surface area contributed by atoms with Crippen molar-refractivity contribution in [1.29, 1.82) is 0 Å². The van der Waals surface area contributed by atoms with Gasteiger partial charge in [-0.25, -0.2) is 0 Å². The van der Waals surface area contributed by atoms with E-state index < -0.39 is 5.97 Å². The molecule has 4 heteroatoms. The number of ether oxygens (including phenoxy) is 1. The van der Waals surface area contributed by atoms with Crippen molar-refractivity contribution in [1.82, 2.24) is 4.98 Å². The lowest BCUT2D eigenvalue weighted by molar-refractivity contribution is -0.136. The van der Waals surface area contributed by atoms with E-state index in [0.29, 0.717) is 13.0 Å². The maximum absolute atomic E-state index is 10.5. The highest BCUT2D eigenvalue weighted by molar-refractivity contribution is 5.67. The number of rotatable bonds is 7. The third-order valence-electron chi connectivity index (χ3n) is 2.90. The quantitative estimate of drug-likeness (QED) is 0.841. The van der Waals surface area contributed by atoms with Gasteiger partial charge < -0.3 is 9.84 Å². The van der Waals surface area contributed by atoms with Crippen LogP contribution in [0.2, 0.25) is 0 Å². The number of pyridine rings is 1. The Bertz CT molecular complexity index is 537. The van der Waals surface area contributed by atoms with Gasteiger partial charge in [-0.1, -0.05) is 18.2 Å². The third-order valence-corrected chi connectivity index (χ3v) is 2.90. The van der Waals surface area contributed by atoms with Gasteiger partial charge in [-0.15, -0.1) is 0 Å². The Balaban J connectivity index is 1.77. The van der Waals surface area contributed by atoms with E-state index in [9.17, 15) is 4.79 Å². The maximum Gasteiger partial charge on any atom is 0.303 e. The van der Waals surface area contributed by atoms with Gasteiger partial charge in [-0.3, -0.25) is 9.78 Å². The molecule has 20 heavy (non-hydrogen) atoms. The second-order valence-corrected chi connectivity index (χ2v) is 4.46. The van der Waals surface area contributed by atoms with Crippen molar-refractivity contribution in [2.45, 2.75) is 19.3 Å². The molecule has 1 aromatic heterocycles. The minimum absolute atomic E-state index is 0.153. The first-order valence-corrected chi connectivity index (χ1v) is 6.57. The molecule has 2 rings (SSSR count). The Hall–Kier alpha value is -2.36. The lowest BCUT2D eigenvalue weighted by Gasteiger charge is -2.06. The molecule has 0 aliphatic rings. The molecule has 2 aromatic rings. The molecule has 1 aromatic carbocycles. The number of aromatic nitrogens is 1. The van der Waals surface area contributed by atoms with Gasteiger partial charge in [0.25, 0.3) is 0 Å². The Kier molecular flexibility index (Phi) is 5.12. The summed E-state index contributed by atoms with van der Waals surface area (Å²) in [6, 6.07) is 13.4. The Morgan fingerprint density at radius 3 is 2.55 bits per heavy atom. The summed E-state index contributed by atoms with van der Waals surface area (Å²) in [5.74, 6) is 0.0145. The van der Waals surface area contributed by atoms with Gasteiger partial charge in [0.2, 0.25) is 0 Å². The van der Waals surface area contributed by atoms with Crippen molar-refractivity contribution in [2.24, 2.45) is 0 Å². The van der Waals surface area contributed by atoms with Crippen LogP contribution in [-0.2, 0) is 17.6 Å². The van der Waals surface area contributed by atoms with Crippen LogP contribution < -0.4 is 4.74 Å². The zero-order chi connectivity index (χ0) is 14.2. The number of hydrogen-bond acceptors (Lipinski definition) is 3. The van der Waals surface area contributed by atoms with Crippen molar-refractivity contribution in [3.05, 3.63) is 59.9 Å². The molecule has 104 valence electrons. The molecule has 0 atom stereocenters. The van der Waals surface area contributed by atoms with E-state index in [1.807, 2.05) is 42.5 Å². The highest BCUT2D eigenvalue weighted by Gasteiger charge is 2.00. The first-order chi connectivity index (χ1) is 9.74. The monoisotopic (exact) mass is 271 g/mol. The summed E-state index contributed by atoms with van der Waals surface area (Å²) in [5.41, 5.74) is 2.01. The number of carboxylic acids is 1. The van der Waals surface area contributed by atoms with Crippen LogP contribution in [0.25, 0.3) is 0 Å². The van der Waals surface area contributed by atoms with Crippen LogP contribution in [0.4, 0.5) is 0 Å². The first kappa shape index (κ1) is 14.1. The summed E-state index contributed by atoms with van der Waals surface area (Å²) in [5, 5.41) is 8.62. The number of nitrogens with zero attached hydrogens (tertiary/aromatic N) is 1. The smallest absolute Gasteiger partial charge is 0.303 e.